The maximum atomic E-state index is 11.8. The molecule has 0 aromatic carbocycles. The molecular formula is C12H24N2O. The second-order valence-electron chi connectivity index (χ2n) is 5.76. The lowest BCUT2D eigenvalue weighted by atomic mass is 9.91. The summed E-state index contributed by atoms with van der Waals surface area (Å²) in [5, 5.41) is 3.10. The first-order valence-corrected chi connectivity index (χ1v) is 5.88. The van der Waals surface area contributed by atoms with Gasteiger partial charge in [-0.3, -0.25) is 4.79 Å². The maximum Gasteiger partial charge on any atom is 0.224 e. The molecule has 1 saturated carbocycles. The molecular weight excluding hydrogens is 188 g/mol. The van der Waals surface area contributed by atoms with Crippen molar-refractivity contribution in [1.82, 2.24) is 5.32 Å². The van der Waals surface area contributed by atoms with Crippen LogP contribution in [0.2, 0.25) is 0 Å². The molecule has 3 nitrogen and oxygen atoms in total. The van der Waals surface area contributed by atoms with Crippen molar-refractivity contribution in [3.05, 3.63) is 0 Å². The van der Waals surface area contributed by atoms with Crippen molar-refractivity contribution < 1.29 is 4.79 Å². The molecule has 0 saturated heterocycles. The SMILES string of the molecule is CC(N)C(C)C(=O)NC1CCC(C)(C)C1. The number of rotatable bonds is 3. The van der Waals surface area contributed by atoms with Gasteiger partial charge in [-0.2, -0.15) is 0 Å². The summed E-state index contributed by atoms with van der Waals surface area (Å²) in [7, 11) is 0. The third-order valence-corrected chi connectivity index (χ3v) is 3.52. The topological polar surface area (TPSA) is 55.1 Å². The van der Waals surface area contributed by atoms with Gasteiger partial charge >= 0.3 is 0 Å². The minimum atomic E-state index is -0.0892. The maximum absolute atomic E-state index is 11.8. The van der Waals surface area contributed by atoms with E-state index >= 15 is 0 Å². The largest absolute Gasteiger partial charge is 0.353 e. The zero-order valence-electron chi connectivity index (χ0n) is 10.3. The lowest BCUT2D eigenvalue weighted by Gasteiger charge is -2.21. The molecule has 0 aromatic rings. The molecule has 3 atom stereocenters. The van der Waals surface area contributed by atoms with Crippen LogP contribution in [0.15, 0.2) is 0 Å². The molecule has 1 aliphatic carbocycles. The highest BCUT2D eigenvalue weighted by molar-refractivity contribution is 5.79. The standard InChI is InChI=1S/C12H24N2O/c1-8(9(2)13)11(15)14-10-5-6-12(3,4)7-10/h8-10H,5-7,13H2,1-4H3,(H,14,15). The van der Waals surface area contributed by atoms with Gasteiger partial charge in [0.25, 0.3) is 0 Å². The van der Waals surface area contributed by atoms with Crippen LogP contribution in [0.3, 0.4) is 0 Å². The van der Waals surface area contributed by atoms with Crippen molar-refractivity contribution in [2.45, 2.75) is 59.0 Å². The van der Waals surface area contributed by atoms with E-state index in [9.17, 15) is 4.79 Å². The molecule has 1 amide bonds. The highest BCUT2D eigenvalue weighted by atomic mass is 16.1. The average molecular weight is 212 g/mol. The summed E-state index contributed by atoms with van der Waals surface area (Å²) in [5.41, 5.74) is 6.09. The minimum absolute atomic E-state index is 0.0700. The summed E-state index contributed by atoms with van der Waals surface area (Å²) in [6.45, 7) is 8.28. The Kier molecular flexibility index (Phi) is 3.77. The third kappa shape index (κ3) is 3.49. The van der Waals surface area contributed by atoms with Gasteiger partial charge in [-0.1, -0.05) is 20.8 Å². The Balaban J connectivity index is 2.40. The van der Waals surface area contributed by atoms with Gasteiger partial charge in [0.1, 0.15) is 0 Å². The Bertz CT molecular complexity index is 236. The smallest absolute Gasteiger partial charge is 0.224 e. The minimum Gasteiger partial charge on any atom is -0.353 e. The zero-order chi connectivity index (χ0) is 11.6. The fourth-order valence-corrected chi connectivity index (χ4v) is 2.13. The molecule has 0 heterocycles. The van der Waals surface area contributed by atoms with E-state index in [-0.39, 0.29) is 17.9 Å². The first kappa shape index (κ1) is 12.5. The zero-order valence-corrected chi connectivity index (χ0v) is 10.3. The number of amides is 1. The predicted molar refractivity (Wildman–Crippen MR) is 62.4 cm³/mol. The molecule has 3 heteroatoms. The number of nitrogens with one attached hydrogen (secondary N) is 1. The molecule has 0 radical (unpaired) electrons. The summed E-state index contributed by atoms with van der Waals surface area (Å²) in [4.78, 5) is 11.8. The van der Waals surface area contributed by atoms with Crippen molar-refractivity contribution in [3.8, 4) is 0 Å². The van der Waals surface area contributed by atoms with Crippen molar-refractivity contribution in [3.63, 3.8) is 0 Å². The summed E-state index contributed by atoms with van der Waals surface area (Å²) in [6, 6.07) is 0.285. The van der Waals surface area contributed by atoms with E-state index < -0.39 is 0 Å². The molecule has 0 aliphatic heterocycles. The molecule has 0 spiro atoms. The molecule has 88 valence electrons. The van der Waals surface area contributed by atoms with Gasteiger partial charge in [-0.25, -0.2) is 0 Å². The van der Waals surface area contributed by atoms with E-state index in [1.54, 1.807) is 0 Å². The van der Waals surface area contributed by atoms with Gasteiger partial charge in [0.2, 0.25) is 5.91 Å². The van der Waals surface area contributed by atoms with Gasteiger partial charge in [0, 0.05) is 18.0 Å². The molecule has 1 fully saturated rings. The fourth-order valence-electron chi connectivity index (χ4n) is 2.13. The number of hydrogen-bond donors (Lipinski definition) is 2. The van der Waals surface area contributed by atoms with Crippen LogP contribution in [-0.2, 0) is 4.79 Å². The number of hydrogen-bond acceptors (Lipinski definition) is 2. The fraction of sp³-hybridized carbons (Fsp3) is 0.917. The molecule has 3 N–H and O–H groups in total. The first-order chi connectivity index (χ1) is 6.82. The van der Waals surface area contributed by atoms with Crippen molar-refractivity contribution >= 4 is 5.91 Å². The van der Waals surface area contributed by atoms with E-state index in [2.05, 4.69) is 19.2 Å². The predicted octanol–water partition coefficient (Wildman–Crippen LogP) is 1.66. The highest BCUT2D eigenvalue weighted by Crippen LogP contribution is 2.36. The summed E-state index contributed by atoms with van der Waals surface area (Å²) >= 11 is 0. The van der Waals surface area contributed by atoms with Gasteiger partial charge in [-0.05, 0) is 31.6 Å². The molecule has 15 heavy (non-hydrogen) atoms. The third-order valence-electron chi connectivity index (χ3n) is 3.52. The Hall–Kier alpha value is -0.570. The number of carbonyl (C=O) groups excluding carboxylic acids is 1. The molecule has 3 unspecified atom stereocenters. The van der Waals surface area contributed by atoms with Crippen molar-refractivity contribution in [1.29, 1.82) is 0 Å². The van der Waals surface area contributed by atoms with E-state index in [0.717, 1.165) is 12.8 Å². The van der Waals surface area contributed by atoms with Crippen LogP contribution in [0.4, 0.5) is 0 Å². The van der Waals surface area contributed by atoms with E-state index in [1.807, 2.05) is 13.8 Å². The quantitative estimate of drug-likeness (QED) is 0.747. The normalized spacial score (nSPS) is 28.5. The summed E-state index contributed by atoms with van der Waals surface area (Å²) in [5.74, 6) is 0.0152. The van der Waals surface area contributed by atoms with Gasteiger partial charge in [0.05, 0.1) is 0 Å². The second kappa shape index (κ2) is 4.52. The Labute approximate surface area is 92.8 Å². The Morgan fingerprint density at radius 2 is 2.07 bits per heavy atom. The van der Waals surface area contributed by atoms with Crippen molar-refractivity contribution in [2.24, 2.45) is 17.1 Å². The monoisotopic (exact) mass is 212 g/mol. The van der Waals surface area contributed by atoms with Crippen LogP contribution in [0.25, 0.3) is 0 Å². The van der Waals surface area contributed by atoms with Crippen LogP contribution in [0.5, 0.6) is 0 Å². The molecule has 1 rings (SSSR count). The van der Waals surface area contributed by atoms with Gasteiger partial charge < -0.3 is 11.1 Å². The Morgan fingerprint density at radius 1 is 1.47 bits per heavy atom. The molecule has 0 bridgehead atoms. The van der Waals surface area contributed by atoms with Crippen LogP contribution >= 0.6 is 0 Å². The van der Waals surface area contributed by atoms with E-state index in [0.29, 0.717) is 11.5 Å². The van der Waals surface area contributed by atoms with Crippen LogP contribution in [0, 0.1) is 11.3 Å². The summed E-state index contributed by atoms with van der Waals surface area (Å²) in [6.07, 6.45) is 3.39. The Morgan fingerprint density at radius 3 is 2.47 bits per heavy atom. The molecule has 1 aliphatic rings. The van der Waals surface area contributed by atoms with Gasteiger partial charge in [-0.15, -0.1) is 0 Å². The highest BCUT2D eigenvalue weighted by Gasteiger charge is 2.32. The summed E-state index contributed by atoms with van der Waals surface area (Å²) < 4.78 is 0. The van der Waals surface area contributed by atoms with Crippen LogP contribution in [-0.4, -0.2) is 18.0 Å². The van der Waals surface area contributed by atoms with Gasteiger partial charge in [0.15, 0.2) is 0 Å². The van der Waals surface area contributed by atoms with E-state index in [4.69, 9.17) is 5.73 Å². The first-order valence-electron chi connectivity index (χ1n) is 5.88. The van der Waals surface area contributed by atoms with Crippen LogP contribution in [0.1, 0.15) is 47.0 Å². The average Bonchev–Trinajstić information content (AvgIpc) is 2.43. The second-order valence-corrected chi connectivity index (χ2v) is 5.76. The lowest BCUT2D eigenvalue weighted by molar-refractivity contribution is -0.125. The number of nitrogens with two attached hydrogens (primary N) is 1. The van der Waals surface area contributed by atoms with E-state index in [1.165, 1.54) is 6.42 Å². The number of carbonyl (C=O) groups is 1. The lowest BCUT2D eigenvalue weighted by Crippen LogP contribution is -2.42. The van der Waals surface area contributed by atoms with Crippen molar-refractivity contribution in [2.75, 3.05) is 0 Å². The van der Waals surface area contributed by atoms with Crippen LogP contribution < -0.4 is 11.1 Å². The molecule has 0 aromatic heterocycles.